The van der Waals surface area contributed by atoms with Crippen LogP contribution in [0.2, 0.25) is 0 Å². The molecule has 1 saturated heterocycles. The maximum atomic E-state index is 11.6. The number of carbonyl (C=O) groups excluding carboxylic acids is 2. The number of likely N-dealkylation sites (tertiary alicyclic amines) is 1. The summed E-state index contributed by atoms with van der Waals surface area (Å²) < 4.78 is 0. The van der Waals surface area contributed by atoms with Crippen LogP contribution in [0.25, 0.3) is 0 Å². The topological polar surface area (TPSA) is 69.6 Å². The number of amides is 2. The lowest BCUT2D eigenvalue weighted by Gasteiger charge is -2.19. The van der Waals surface area contributed by atoms with Crippen LogP contribution in [0, 0.1) is 5.92 Å². The third kappa shape index (κ3) is 3.28. The van der Waals surface area contributed by atoms with E-state index >= 15 is 0 Å². The predicted octanol–water partition coefficient (Wildman–Crippen LogP) is -0.258. The molecule has 0 saturated carbocycles. The fraction of sp³-hybridized carbons (Fsp3) is 0.818. The van der Waals surface area contributed by atoms with Crippen LogP contribution in [0.4, 0.5) is 0 Å². The maximum Gasteiger partial charge on any atom is 0.232 e. The van der Waals surface area contributed by atoms with Crippen LogP contribution >= 0.6 is 0 Å². The number of aliphatic hydroxyl groups is 1. The Balaban J connectivity index is 2.35. The van der Waals surface area contributed by atoms with Gasteiger partial charge in [0.05, 0.1) is 12.6 Å². The molecule has 1 aliphatic heterocycles. The molecule has 5 heteroatoms. The molecule has 0 spiro atoms. The molecule has 92 valence electrons. The third-order valence-corrected chi connectivity index (χ3v) is 2.67. The number of rotatable bonds is 6. The van der Waals surface area contributed by atoms with Gasteiger partial charge in [-0.3, -0.25) is 14.5 Å². The molecule has 2 unspecified atom stereocenters. The molecule has 5 nitrogen and oxygen atoms in total. The summed E-state index contributed by atoms with van der Waals surface area (Å²) in [7, 11) is 0. The summed E-state index contributed by atoms with van der Waals surface area (Å²) in [6.45, 7) is 5.13. The Morgan fingerprint density at radius 1 is 1.56 bits per heavy atom. The van der Waals surface area contributed by atoms with E-state index in [0.717, 1.165) is 13.0 Å². The van der Waals surface area contributed by atoms with Gasteiger partial charge in [0, 0.05) is 18.9 Å². The van der Waals surface area contributed by atoms with Gasteiger partial charge in [0.2, 0.25) is 11.8 Å². The zero-order valence-corrected chi connectivity index (χ0v) is 9.90. The van der Waals surface area contributed by atoms with Gasteiger partial charge < -0.3 is 10.4 Å². The smallest absolute Gasteiger partial charge is 0.232 e. The van der Waals surface area contributed by atoms with Crippen molar-refractivity contribution >= 4 is 11.8 Å². The van der Waals surface area contributed by atoms with E-state index in [2.05, 4.69) is 5.32 Å². The van der Waals surface area contributed by atoms with Crippen molar-refractivity contribution in [2.45, 2.75) is 32.8 Å². The van der Waals surface area contributed by atoms with E-state index in [1.807, 2.05) is 6.92 Å². The number of aliphatic hydroxyl groups excluding tert-OH is 1. The standard InChI is InChI=1S/C11H20N2O3/c1-3-4-12-6-9(14)7-13-10(15)5-8(2)11(13)16/h8-9,12,14H,3-7H2,1-2H3. The summed E-state index contributed by atoms with van der Waals surface area (Å²) >= 11 is 0. The highest BCUT2D eigenvalue weighted by molar-refractivity contribution is 6.03. The average molecular weight is 228 g/mol. The second kappa shape index (κ2) is 5.96. The van der Waals surface area contributed by atoms with E-state index in [9.17, 15) is 14.7 Å². The Hall–Kier alpha value is -0.940. The number of β-amino-alcohol motifs (C(OH)–C–C–N with tert-alkyl or cyclic N) is 1. The van der Waals surface area contributed by atoms with Crippen molar-refractivity contribution in [3.63, 3.8) is 0 Å². The molecule has 0 aromatic carbocycles. The SMILES string of the molecule is CCCNCC(O)CN1C(=O)CC(C)C1=O. The maximum absolute atomic E-state index is 11.6. The second-order valence-corrected chi connectivity index (χ2v) is 4.31. The number of imide groups is 1. The van der Waals surface area contributed by atoms with Gasteiger partial charge in [0.15, 0.2) is 0 Å². The predicted molar refractivity (Wildman–Crippen MR) is 59.7 cm³/mol. The number of hydrogen-bond acceptors (Lipinski definition) is 4. The second-order valence-electron chi connectivity index (χ2n) is 4.31. The first kappa shape index (κ1) is 13.1. The van der Waals surface area contributed by atoms with Crippen molar-refractivity contribution in [1.82, 2.24) is 10.2 Å². The highest BCUT2D eigenvalue weighted by Crippen LogP contribution is 2.18. The third-order valence-electron chi connectivity index (χ3n) is 2.67. The highest BCUT2D eigenvalue weighted by atomic mass is 16.3. The van der Waals surface area contributed by atoms with Gasteiger partial charge in [0.1, 0.15) is 0 Å². The van der Waals surface area contributed by atoms with Crippen molar-refractivity contribution in [1.29, 1.82) is 0 Å². The molecule has 2 atom stereocenters. The molecule has 1 heterocycles. The van der Waals surface area contributed by atoms with Crippen LogP contribution in [0.5, 0.6) is 0 Å². The van der Waals surface area contributed by atoms with Gasteiger partial charge in [-0.25, -0.2) is 0 Å². The molecule has 1 rings (SSSR count). The lowest BCUT2D eigenvalue weighted by Crippen LogP contribution is -2.41. The summed E-state index contributed by atoms with van der Waals surface area (Å²) in [5.74, 6) is -0.574. The van der Waals surface area contributed by atoms with Gasteiger partial charge in [-0.05, 0) is 13.0 Å². The molecule has 2 N–H and O–H groups in total. The van der Waals surface area contributed by atoms with Crippen LogP contribution in [0.15, 0.2) is 0 Å². The van der Waals surface area contributed by atoms with Gasteiger partial charge in [-0.2, -0.15) is 0 Å². The van der Waals surface area contributed by atoms with Gasteiger partial charge >= 0.3 is 0 Å². The first-order valence-corrected chi connectivity index (χ1v) is 5.79. The van der Waals surface area contributed by atoms with E-state index in [4.69, 9.17) is 0 Å². The van der Waals surface area contributed by atoms with Gasteiger partial charge in [-0.1, -0.05) is 13.8 Å². The number of nitrogens with one attached hydrogen (secondary N) is 1. The van der Waals surface area contributed by atoms with E-state index in [1.165, 1.54) is 4.90 Å². The monoisotopic (exact) mass is 228 g/mol. The summed E-state index contributed by atoms with van der Waals surface area (Å²) in [6.07, 6.45) is 0.587. The first-order chi connectivity index (χ1) is 7.56. The number of hydrogen-bond donors (Lipinski definition) is 2. The van der Waals surface area contributed by atoms with E-state index in [1.54, 1.807) is 6.92 Å². The molecular weight excluding hydrogens is 208 g/mol. The van der Waals surface area contributed by atoms with Crippen molar-refractivity contribution in [2.24, 2.45) is 5.92 Å². The summed E-state index contributed by atoms with van der Waals surface area (Å²) in [6, 6.07) is 0. The molecule has 0 aromatic heterocycles. The van der Waals surface area contributed by atoms with Crippen LogP contribution in [0.1, 0.15) is 26.7 Å². The van der Waals surface area contributed by atoms with Gasteiger partial charge in [0.25, 0.3) is 0 Å². The summed E-state index contributed by atoms with van der Waals surface area (Å²) in [5, 5.41) is 12.7. The molecule has 2 amide bonds. The quantitative estimate of drug-likeness (QED) is 0.485. The summed E-state index contributed by atoms with van der Waals surface area (Å²) in [4.78, 5) is 24.2. The minimum absolute atomic E-state index is 0.110. The molecule has 0 radical (unpaired) electrons. The fourth-order valence-electron chi connectivity index (χ4n) is 1.76. The fourth-order valence-corrected chi connectivity index (χ4v) is 1.76. The van der Waals surface area contributed by atoms with Crippen LogP contribution in [0.3, 0.4) is 0 Å². The number of carbonyl (C=O) groups is 2. The Kier molecular flexibility index (Phi) is 4.89. The molecule has 1 fully saturated rings. The van der Waals surface area contributed by atoms with Crippen molar-refractivity contribution in [3.8, 4) is 0 Å². The molecule has 1 aliphatic rings. The summed E-state index contributed by atoms with van der Waals surface area (Å²) in [5.41, 5.74) is 0. The van der Waals surface area contributed by atoms with Crippen LogP contribution < -0.4 is 5.32 Å². The zero-order chi connectivity index (χ0) is 12.1. The molecule has 16 heavy (non-hydrogen) atoms. The van der Waals surface area contributed by atoms with E-state index in [-0.39, 0.29) is 30.7 Å². The first-order valence-electron chi connectivity index (χ1n) is 5.79. The Bertz CT molecular complexity index is 268. The van der Waals surface area contributed by atoms with Crippen molar-refractivity contribution in [3.05, 3.63) is 0 Å². The molecular formula is C11H20N2O3. The minimum atomic E-state index is -0.676. The normalized spacial score (nSPS) is 22.9. The van der Waals surface area contributed by atoms with E-state index in [0.29, 0.717) is 6.54 Å². The largest absolute Gasteiger partial charge is 0.390 e. The lowest BCUT2D eigenvalue weighted by atomic mass is 10.1. The zero-order valence-electron chi connectivity index (χ0n) is 9.90. The Labute approximate surface area is 95.8 Å². The van der Waals surface area contributed by atoms with Crippen LogP contribution in [-0.4, -0.2) is 47.6 Å². The molecule has 0 aliphatic carbocycles. The van der Waals surface area contributed by atoms with Crippen molar-refractivity contribution < 1.29 is 14.7 Å². The Morgan fingerprint density at radius 2 is 2.25 bits per heavy atom. The number of nitrogens with zero attached hydrogens (tertiary/aromatic N) is 1. The average Bonchev–Trinajstić information content (AvgIpc) is 2.46. The van der Waals surface area contributed by atoms with Gasteiger partial charge in [-0.15, -0.1) is 0 Å². The highest BCUT2D eigenvalue weighted by Gasteiger charge is 2.36. The molecule has 0 bridgehead atoms. The van der Waals surface area contributed by atoms with Crippen LogP contribution in [-0.2, 0) is 9.59 Å². The Morgan fingerprint density at radius 3 is 2.75 bits per heavy atom. The minimum Gasteiger partial charge on any atom is -0.390 e. The lowest BCUT2D eigenvalue weighted by molar-refractivity contribution is -0.140. The van der Waals surface area contributed by atoms with E-state index < -0.39 is 6.10 Å². The molecule has 0 aromatic rings. The van der Waals surface area contributed by atoms with Crippen molar-refractivity contribution in [2.75, 3.05) is 19.6 Å².